The zero-order chi connectivity index (χ0) is 17.1. The number of halogens is 1. The summed E-state index contributed by atoms with van der Waals surface area (Å²) in [6.45, 7) is 4.25. The third-order valence-electron chi connectivity index (χ3n) is 3.78. The molecule has 0 amide bonds. The van der Waals surface area contributed by atoms with E-state index < -0.39 is 0 Å². The normalized spacial score (nSPS) is 10.7. The average molecular weight is 345 g/mol. The molecule has 0 atom stereocenters. The Bertz CT molecular complexity index is 861. The lowest BCUT2D eigenvalue weighted by Crippen LogP contribution is -1.98. The molecule has 3 rings (SSSR count). The molecular weight excluding hydrogens is 328 g/mol. The van der Waals surface area contributed by atoms with Crippen LogP contribution in [0.25, 0.3) is 11.4 Å². The molecule has 0 bridgehead atoms. The van der Waals surface area contributed by atoms with Crippen LogP contribution in [0.4, 0.5) is 0 Å². The quantitative estimate of drug-likeness (QED) is 0.677. The SMILES string of the molecule is COc1ccc(Cl)cc1-c1noc(COc2cccc(C)c2C)n1. The van der Waals surface area contributed by atoms with Gasteiger partial charge in [-0.25, -0.2) is 0 Å². The molecule has 0 fully saturated rings. The summed E-state index contributed by atoms with van der Waals surface area (Å²) in [6.07, 6.45) is 0. The molecule has 0 aliphatic heterocycles. The number of nitrogens with zero attached hydrogens (tertiary/aromatic N) is 2. The number of hydrogen-bond acceptors (Lipinski definition) is 5. The van der Waals surface area contributed by atoms with Crippen molar-refractivity contribution >= 4 is 11.6 Å². The van der Waals surface area contributed by atoms with E-state index in [1.165, 1.54) is 5.56 Å². The zero-order valence-electron chi connectivity index (χ0n) is 13.7. The standard InChI is InChI=1S/C18H17ClN2O3/c1-11-5-4-6-15(12(11)2)23-10-17-20-18(21-24-17)14-9-13(19)7-8-16(14)22-3/h4-9H,10H2,1-3H3. The highest BCUT2D eigenvalue weighted by Crippen LogP contribution is 2.30. The molecule has 0 saturated carbocycles. The van der Waals surface area contributed by atoms with Gasteiger partial charge in [-0.1, -0.05) is 28.9 Å². The molecule has 0 saturated heterocycles. The number of aromatic nitrogens is 2. The van der Waals surface area contributed by atoms with Gasteiger partial charge in [-0.2, -0.15) is 4.98 Å². The predicted molar refractivity (Wildman–Crippen MR) is 91.5 cm³/mol. The fourth-order valence-electron chi connectivity index (χ4n) is 2.30. The van der Waals surface area contributed by atoms with Gasteiger partial charge in [0, 0.05) is 5.02 Å². The van der Waals surface area contributed by atoms with Crippen molar-refractivity contribution in [3.8, 4) is 22.9 Å². The highest BCUT2D eigenvalue weighted by atomic mass is 35.5. The van der Waals surface area contributed by atoms with E-state index in [0.29, 0.717) is 28.1 Å². The molecule has 24 heavy (non-hydrogen) atoms. The Hall–Kier alpha value is -2.53. The van der Waals surface area contributed by atoms with Crippen molar-refractivity contribution in [1.82, 2.24) is 10.1 Å². The van der Waals surface area contributed by atoms with E-state index in [2.05, 4.69) is 10.1 Å². The Balaban J connectivity index is 1.79. The van der Waals surface area contributed by atoms with E-state index in [-0.39, 0.29) is 6.61 Å². The lowest BCUT2D eigenvalue weighted by molar-refractivity contribution is 0.241. The second kappa shape index (κ2) is 6.93. The molecule has 2 aromatic carbocycles. The van der Waals surface area contributed by atoms with Gasteiger partial charge >= 0.3 is 0 Å². The fraction of sp³-hybridized carbons (Fsp3) is 0.222. The zero-order valence-corrected chi connectivity index (χ0v) is 14.4. The molecule has 0 aliphatic rings. The summed E-state index contributed by atoms with van der Waals surface area (Å²) in [5, 5.41) is 4.56. The highest BCUT2D eigenvalue weighted by Gasteiger charge is 2.14. The van der Waals surface area contributed by atoms with Crippen LogP contribution in [0.1, 0.15) is 17.0 Å². The minimum Gasteiger partial charge on any atom is -0.496 e. The molecule has 0 spiro atoms. The van der Waals surface area contributed by atoms with Gasteiger partial charge in [-0.3, -0.25) is 0 Å². The molecular formula is C18H17ClN2O3. The van der Waals surface area contributed by atoms with Crippen LogP contribution in [0, 0.1) is 13.8 Å². The Morgan fingerprint density at radius 1 is 1.12 bits per heavy atom. The average Bonchev–Trinajstić information content (AvgIpc) is 3.05. The third kappa shape index (κ3) is 3.36. The van der Waals surface area contributed by atoms with Crippen molar-refractivity contribution in [3.05, 3.63) is 58.4 Å². The van der Waals surface area contributed by atoms with Gasteiger partial charge in [0.25, 0.3) is 5.89 Å². The molecule has 0 unspecified atom stereocenters. The van der Waals surface area contributed by atoms with Crippen molar-refractivity contribution in [1.29, 1.82) is 0 Å². The number of benzene rings is 2. The van der Waals surface area contributed by atoms with Crippen LogP contribution in [0.2, 0.25) is 5.02 Å². The van der Waals surface area contributed by atoms with Crippen molar-refractivity contribution in [2.24, 2.45) is 0 Å². The van der Waals surface area contributed by atoms with Gasteiger partial charge in [0.2, 0.25) is 5.82 Å². The molecule has 0 aliphatic carbocycles. The molecule has 0 radical (unpaired) electrons. The monoisotopic (exact) mass is 344 g/mol. The number of rotatable bonds is 5. The molecule has 6 heteroatoms. The minimum atomic E-state index is 0.195. The Labute approximate surface area is 145 Å². The van der Waals surface area contributed by atoms with Crippen LogP contribution in [0.15, 0.2) is 40.9 Å². The summed E-state index contributed by atoms with van der Waals surface area (Å²) in [4.78, 5) is 4.36. The van der Waals surface area contributed by atoms with Crippen molar-refractivity contribution < 1.29 is 14.0 Å². The highest BCUT2D eigenvalue weighted by molar-refractivity contribution is 6.30. The van der Waals surface area contributed by atoms with Crippen LogP contribution in [0.3, 0.4) is 0 Å². The summed E-state index contributed by atoms with van der Waals surface area (Å²) < 4.78 is 16.4. The number of hydrogen-bond donors (Lipinski definition) is 0. The third-order valence-corrected chi connectivity index (χ3v) is 4.01. The second-order valence-electron chi connectivity index (χ2n) is 5.34. The van der Waals surface area contributed by atoms with Gasteiger partial charge < -0.3 is 14.0 Å². The maximum absolute atomic E-state index is 6.04. The van der Waals surface area contributed by atoms with Crippen LogP contribution in [0.5, 0.6) is 11.5 Å². The molecule has 5 nitrogen and oxygen atoms in total. The smallest absolute Gasteiger partial charge is 0.264 e. The van der Waals surface area contributed by atoms with E-state index in [0.717, 1.165) is 11.3 Å². The lowest BCUT2D eigenvalue weighted by atomic mass is 10.1. The van der Waals surface area contributed by atoms with E-state index in [1.807, 2.05) is 32.0 Å². The van der Waals surface area contributed by atoms with Crippen LogP contribution in [-0.2, 0) is 6.61 Å². The summed E-state index contributed by atoms with van der Waals surface area (Å²) in [5.74, 6) is 2.22. The van der Waals surface area contributed by atoms with E-state index in [4.69, 9.17) is 25.6 Å². The van der Waals surface area contributed by atoms with Crippen molar-refractivity contribution in [2.75, 3.05) is 7.11 Å². The number of methoxy groups -OCH3 is 1. The van der Waals surface area contributed by atoms with E-state index >= 15 is 0 Å². The Kier molecular flexibility index (Phi) is 4.71. The van der Waals surface area contributed by atoms with Crippen molar-refractivity contribution in [3.63, 3.8) is 0 Å². The second-order valence-corrected chi connectivity index (χ2v) is 5.78. The topological polar surface area (TPSA) is 57.4 Å². The lowest BCUT2D eigenvalue weighted by Gasteiger charge is -2.08. The van der Waals surface area contributed by atoms with Gasteiger partial charge in [0.05, 0.1) is 12.7 Å². The summed E-state index contributed by atoms with van der Waals surface area (Å²) >= 11 is 6.04. The first-order valence-electron chi connectivity index (χ1n) is 7.44. The molecule has 1 aromatic heterocycles. The maximum Gasteiger partial charge on any atom is 0.264 e. The summed E-state index contributed by atoms with van der Waals surface area (Å²) in [6, 6.07) is 11.2. The molecule has 1 heterocycles. The molecule has 0 N–H and O–H groups in total. The number of ether oxygens (including phenoxy) is 2. The van der Waals surface area contributed by atoms with E-state index in [1.54, 1.807) is 25.3 Å². The summed E-state index contributed by atoms with van der Waals surface area (Å²) in [7, 11) is 1.58. The van der Waals surface area contributed by atoms with Gasteiger partial charge in [-0.05, 0) is 49.2 Å². The van der Waals surface area contributed by atoms with Crippen LogP contribution in [-0.4, -0.2) is 17.3 Å². The van der Waals surface area contributed by atoms with Gasteiger partial charge in [-0.15, -0.1) is 0 Å². The van der Waals surface area contributed by atoms with Crippen molar-refractivity contribution in [2.45, 2.75) is 20.5 Å². The first-order chi connectivity index (χ1) is 11.6. The van der Waals surface area contributed by atoms with Crippen LogP contribution >= 0.6 is 11.6 Å². The Morgan fingerprint density at radius 2 is 1.96 bits per heavy atom. The first kappa shape index (κ1) is 16.3. The van der Waals surface area contributed by atoms with Gasteiger partial charge in [0.1, 0.15) is 11.5 Å². The maximum atomic E-state index is 6.04. The van der Waals surface area contributed by atoms with Gasteiger partial charge in [0.15, 0.2) is 6.61 Å². The minimum absolute atomic E-state index is 0.195. The first-order valence-corrected chi connectivity index (χ1v) is 7.82. The molecule has 3 aromatic rings. The molecule has 124 valence electrons. The Morgan fingerprint density at radius 3 is 2.75 bits per heavy atom. The van der Waals surface area contributed by atoms with E-state index in [9.17, 15) is 0 Å². The number of aryl methyl sites for hydroxylation is 1. The van der Waals surface area contributed by atoms with Crippen LogP contribution < -0.4 is 9.47 Å². The largest absolute Gasteiger partial charge is 0.496 e. The summed E-state index contributed by atoms with van der Waals surface area (Å²) in [5.41, 5.74) is 2.93. The fourth-order valence-corrected chi connectivity index (χ4v) is 2.47. The predicted octanol–water partition coefficient (Wildman–Crippen LogP) is 4.59.